The van der Waals surface area contributed by atoms with Gasteiger partial charge in [0.05, 0.1) is 32.0 Å². The molecule has 0 bridgehead atoms. The summed E-state index contributed by atoms with van der Waals surface area (Å²) < 4.78 is 11.0. The zero-order chi connectivity index (χ0) is 22.6. The van der Waals surface area contributed by atoms with Crippen LogP contribution in [0.2, 0.25) is 0 Å². The van der Waals surface area contributed by atoms with Gasteiger partial charge < -0.3 is 14.5 Å². The molecule has 1 fully saturated rings. The molecule has 0 amide bonds. The zero-order valence-corrected chi connectivity index (χ0v) is 18.6. The van der Waals surface area contributed by atoms with Gasteiger partial charge in [-0.1, -0.05) is 12.1 Å². The molecule has 4 aromatic rings. The lowest BCUT2D eigenvalue weighted by Crippen LogP contribution is -2.40. The van der Waals surface area contributed by atoms with Crippen LogP contribution in [0.25, 0.3) is 22.0 Å². The van der Waals surface area contributed by atoms with Gasteiger partial charge in [0.15, 0.2) is 0 Å². The van der Waals surface area contributed by atoms with E-state index in [1.165, 1.54) is 11.1 Å². The van der Waals surface area contributed by atoms with E-state index in [9.17, 15) is 5.26 Å². The van der Waals surface area contributed by atoms with Crippen molar-refractivity contribution in [1.82, 2.24) is 14.9 Å². The van der Waals surface area contributed by atoms with Crippen molar-refractivity contribution in [3.8, 4) is 22.9 Å². The van der Waals surface area contributed by atoms with Crippen LogP contribution >= 0.6 is 0 Å². The normalized spacial score (nSPS) is 15.3. The van der Waals surface area contributed by atoms with Crippen molar-refractivity contribution in [2.45, 2.75) is 12.5 Å². The molecule has 1 atom stereocenters. The van der Waals surface area contributed by atoms with Crippen LogP contribution in [-0.2, 0) is 11.2 Å². The molecule has 2 aromatic carbocycles. The molecule has 1 unspecified atom stereocenters. The van der Waals surface area contributed by atoms with Crippen molar-refractivity contribution in [1.29, 1.82) is 5.26 Å². The summed E-state index contributed by atoms with van der Waals surface area (Å²) in [4.78, 5) is 10.4. The van der Waals surface area contributed by atoms with E-state index in [0.29, 0.717) is 5.56 Å². The summed E-state index contributed by atoms with van der Waals surface area (Å²) >= 11 is 0. The topological polar surface area (TPSA) is 74.2 Å². The quantitative estimate of drug-likeness (QED) is 0.471. The van der Waals surface area contributed by atoms with Crippen LogP contribution in [0.4, 0.5) is 0 Å². The lowest BCUT2D eigenvalue weighted by molar-refractivity contribution is 0.0161. The van der Waals surface area contributed by atoms with Gasteiger partial charge in [0.25, 0.3) is 0 Å². The van der Waals surface area contributed by atoms with Crippen LogP contribution in [0.3, 0.4) is 0 Å². The molecule has 33 heavy (non-hydrogen) atoms. The number of aromatic nitrogens is 2. The first-order chi connectivity index (χ1) is 16.2. The number of fused-ring (bicyclic) bond motifs is 1. The maximum Gasteiger partial charge on any atom is 0.119 e. The minimum atomic E-state index is 0.150. The Hall–Kier alpha value is -3.66. The number of benzene rings is 2. The lowest BCUT2D eigenvalue weighted by atomic mass is 9.95. The summed E-state index contributed by atoms with van der Waals surface area (Å²) in [7, 11) is 1.68. The highest BCUT2D eigenvalue weighted by Crippen LogP contribution is 2.32. The first-order valence-corrected chi connectivity index (χ1v) is 11.2. The highest BCUT2D eigenvalue weighted by atomic mass is 16.5. The Balaban J connectivity index is 1.53. The number of nitrogens with zero attached hydrogens (tertiary/aromatic N) is 3. The predicted molar refractivity (Wildman–Crippen MR) is 128 cm³/mol. The number of aromatic amines is 1. The van der Waals surface area contributed by atoms with E-state index in [2.05, 4.69) is 39.3 Å². The maximum absolute atomic E-state index is 9.37. The number of morpholine rings is 1. The molecule has 0 saturated carbocycles. The second kappa shape index (κ2) is 9.45. The minimum Gasteiger partial charge on any atom is -0.497 e. The first-order valence-electron chi connectivity index (χ1n) is 11.2. The molecular formula is C27H26N4O2. The highest BCUT2D eigenvalue weighted by Gasteiger charge is 2.25. The lowest BCUT2D eigenvalue weighted by Gasteiger charge is -2.35. The van der Waals surface area contributed by atoms with Gasteiger partial charge in [-0.25, -0.2) is 0 Å². The number of nitrogens with one attached hydrogen (secondary N) is 1. The number of H-pyrrole nitrogens is 1. The molecule has 1 N–H and O–H groups in total. The number of pyridine rings is 1. The van der Waals surface area contributed by atoms with Gasteiger partial charge in [-0.3, -0.25) is 9.88 Å². The molecule has 6 nitrogen and oxygen atoms in total. The van der Waals surface area contributed by atoms with Crippen molar-refractivity contribution < 1.29 is 9.47 Å². The Morgan fingerprint density at radius 1 is 1.12 bits per heavy atom. The minimum absolute atomic E-state index is 0.150. The second-order valence-electron chi connectivity index (χ2n) is 8.29. The van der Waals surface area contributed by atoms with Gasteiger partial charge in [-0.05, 0) is 59.5 Å². The number of methoxy groups -OCH3 is 1. The van der Waals surface area contributed by atoms with E-state index < -0.39 is 0 Å². The number of hydrogen-bond donors (Lipinski definition) is 1. The summed E-state index contributed by atoms with van der Waals surface area (Å²) in [6.07, 6.45) is 6.76. The van der Waals surface area contributed by atoms with Crippen molar-refractivity contribution in [2.24, 2.45) is 0 Å². The molecule has 1 aliphatic rings. The predicted octanol–water partition coefficient (Wildman–Crippen LogP) is 4.73. The van der Waals surface area contributed by atoms with Gasteiger partial charge in [0, 0.05) is 54.2 Å². The molecule has 0 aliphatic carbocycles. The summed E-state index contributed by atoms with van der Waals surface area (Å²) in [5.41, 5.74) is 6.24. The van der Waals surface area contributed by atoms with E-state index in [1.54, 1.807) is 7.11 Å². The summed E-state index contributed by atoms with van der Waals surface area (Å²) in [6.45, 7) is 3.21. The molecule has 1 aliphatic heterocycles. The van der Waals surface area contributed by atoms with Crippen LogP contribution in [0.1, 0.15) is 22.7 Å². The van der Waals surface area contributed by atoms with Gasteiger partial charge in [-0.2, -0.15) is 5.26 Å². The van der Waals surface area contributed by atoms with Gasteiger partial charge >= 0.3 is 0 Å². The summed E-state index contributed by atoms with van der Waals surface area (Å²) in [5.74, 6) is 0.828. The van der Waals surface area contributed by atoms with Crippen LogP contribution in [0.5, 0.6) is 5.75 Å². The van der Waals surface area contributed by atoms with Crippen LogP contribution < -0.4 is 4.74 Å². The average Bonchev–Trinajstić information content (AvgIpc) is 3.29. The molecule has 0 radical (unpaired) electrons. The maximum atomic E-state index is 9.37. The average molecular weight is 439 g/mol. The van der Waals surface area contributed by atoms with Gasteiger partial charge in [0.1, 0.15) is 5.75 Å². The summed E-state index contributed by atoms with van der Waals surface area (Å²) in [5, 5.41) is 10.5. The Morgan fingerprint density at radius 2 is 2.00 bits per heavy atom. The second-order valence-corrected chi connectivity index (χ2v) is 8.29. The third kappa shape index (κ3) is 4.47. The first kappa shape index (κ1) is 21.2. The number of nitriles is 1. The Labute approximate surface area is 193 Å². The number of hydrogen-bond acceptors (Lipinski definition) is 5. The van der Waals surface area contributed by atoms with E-state index in [4.69, 9.17) is 9.47 Å². The Kier molecular flexibility index (Phi) is 6.07. The summed E-state index contributed by atoms with van der Waals surface area (Å²) in [6, 6.07) is 18.5. The van der Waals surface area contributed by atoms with Gasteiger partial charge in [-0.15, -0.1) is 0 Å². The molecule has 1 saturated heterocycles. The molecular weight excluding hydrogens is 412 g/mol. The van der Waals surface area contributed by atoms with E-state index >= 15 is 0 Å². The zero-order valence-electron chi connectivity index (χ0n) is 18.6. The third-order valence-corrected chi connectivity index (χ3v) is 6.34. The van der Waals surface area contributed by atoms with E-state index in [1.807, 2.05) is 48.8 Å². The fourth-order valence-electron chi connectivity index (χ4n) is 4.57. The SMILES string of the molecule is COc1cccc(-c2cncc(C(Cc3c[nH]c4ccc(C#N)cc34)N3CCOCC3)c2)c1. The number of rotatable bonds is 6. The fraction of sp³-hybridized carbons (Fsp3) is 0.259. The molecule has 5 rings (SSSR count). The van der Waals surface area contributed by atoms with Crippen LogP contribution in [-0.4, -0.2) is 48.3 Å². The molecule has 3 heterocycles. The van der Waals surface area contributed by atoms with E-state index in [-0.39, 0.29) is 6.04 Å². The Morgan fingerprint density at radius 3 is 2.82 bits per heavy atom. The molecule has 2 aromatic heterocycles. The fourth-order valence-corrected chi connectivity index (χ4v) is 4.57. The largest absolute Gasteiger partial charge is 0.497 e. The van der Waals surface area contributed by atoms with Crippen molar-refractivity contribution >= 4 is 10.9 Å². The van der Waals surface area contributed by atoms with Crippen molar-refractivity contribution in [2.75, 3.05) is 33.4 Å². The van der Waals surface area contributed by atoms with Crippen molar-refractivity contribution in [3.63, 3.8) is 0 Å². The smallest absolute Gasteiger partial charge is 0.119 e. The number of ether oxygens (including phenoxy) is 2. The van der Waals surface area contributed by atoms with Crippen molar-refractivity contribution in [3.05, 3.63) is 83.8 Å². The highest BCUT2D eigenvalue weighted by molar-refractivity contribution is 5.84. The Bertz CT molecular complexity index is 1300. The van der Waals surface area contributed by atoms with Crippen LogP contribution in [0, 0.1) is 11.3 Å². The molecule has 0 spiro atoms. The van der Waals surface area contributed by atoms with Gasteiger partial charge in [0.2, 0.25) is 0 Å². The molecule has 6 heteroatoms. The van der Waals surface area contributed by atoms with E-state index in [0.717, 1.165) is 60.5 Å². The standard InChI is InChI=1S/C27H26N4O2/c1-32-24-4-2-3-20(13-24)21-12-23(17-29-16-21)27(31-7-9-33-10-8-31)14-22-18-30-26-6-5-19(15-28)11-25(22)26/h2-6,11-13,16-18,27,30H,7-10,14H2,1H3. The monoisotopic (exact) mass is 438 g/mol. The third-order valence-electron chi connectivity index (χ3n) is 6.34. The van der Waals surface area contributed by atoms with Crippen LogP contribution in [0.15, 0.2) is 67.1 Å². The molecule has 166 valence electrons.